The van der Waals surface area contributed by atoms with Gasteiger partial charge in [0.05, 0.1) is 12.2 Å². The van der Waals surface area contributed by atoms with Gasteiger partial charge in [0.1, 0.15) is 17.7 Å². The Morgan fingerprint density at radius 3 is 2.90 bits per heavy atom. The minimum atomic E-state index is -0.231. The van der Waals surface area contributed by atoms with Crippen molar-refractivity contribution in [1.29, 1.82) is 0 Å². The largest absolute Gasteiger partial charge is 0.490 e. The van der Waals surface area contributed by atoms with E-state index in [9.17, 15) is 4.39 Å². The molecule has 1 heterocycles. The summed E-state index contributed by atoms with van der Waals surface area (Å²) in [6, 6.07) is 4.73. The van der Waals surface area contributed by atoms with Crippen molar-refractivity contribution in [2.45, 2.75) is 56.7 Å². The SMILES string of the molecule is NCCc1cc(F)ccc1OC1CCOC2(CCCC2)C1. The van der Waals surface area contributed by atoms with Gasteiger partial charge in [-0.25, -0.2) is 4.39 Å². The molecule has 2 aliphatic rings. The fourth-order valence-electron chi connectivity index (χ4n) is 3.64. The van der Waals surface area contributed by atoms with E-state index in [0.717, 1.165) is 43.6 Å². The van der Waals surface area contributed by atoms with Gasteiger partial charge in [0.2, 0.25) is 0 Å². The maximum absolute atomic E-state index is 13.4. The van der Waals surface area contributed by atoms with Crippen molar-refractivity contribution in [3.8, 4) is 5.75 Å². The van der Waals surface area contributed by atoms with E-state index in [-0.39, 0.29) is 17.5 Å². The molecule has 1 aliphatic carbocycles. The maximum Gasteiger partial charge on any atom is 0.123 e. The molecule has 1 unspecified atom stereocenters. The van der Waals surface area contributed by atoms with E-state index in [1.54, 1.807) is 6.07 Å². The van der Waals surface area contributed by atoms with Crippen molar-refractivity contribution in [1.82, 2.24) is 0 Å². The highest BCUT2D eigenvalue weighted by molar-refractivity contribution is 5.34. The number of hydrogen-bond donors (Lipinski definition) is 1. The van der Waals surface area contributed by atoms with E-state index in [1.165, 1.54) is 25.0 Å². The van der Waals surface area contributed by atoms with Crippen LogP contribution in [0.4, 0.5) is 4.39 Å². The van der Waals surface area contributed by atoms with Gasteiger partial charge in [0.15, 0.2) is 0 Å². The Morgan fingerprint density at radius 2 is 2.14 bits per heavy atom. The lowest BCUT2D eigenvalue weighted by Crippen LogP contribution is -2.41. The second-order valence-corrected chi connectivity index (χ2v) is 6.26. The second-order valence-electron chi connectivity index (χ2n) is 6.26. The van der Waals surface area contributed by atoms with Crippen LogP contribution in [-0.4, -0.2) is 24.9 Å². The molecule has 0 bridgehead atoms. The first kappa shape index (κ1) is 14.8. The Bertz CT molecular complexity index is 486. The molecule has 4 heteroatoms. The third kappa shape index (κ3) is 3.38. The lowest BCUT2D eigenvalue weighted by Gasteiger charge is -2.38. The summed E-state index contributed by atoms with van der Waals surface area (Å²) >= 11 is 0. The lowest BCUT2D eigenvalue weighted by molar-refractivity contribution is -0.108. The maximum atomic E-state index is 13.4. The summed E-state index contributed by atoms with van der Waals surface area (Å²) in [6.45, 7) is 1.26. The Kier molecular flexibility index (Phi) is 4.45. The zero-order valence-electron chi connectivity index (χ0n) is 12.4. The van der Waals surface area contributed by atoms with Gasteiger partial charge in [0.25, 0.3) is 0 Å². The Labute approximate surface area is 125 Å². The van der Waals surface area contributed by atoms with Crippen LogP contribution in [-0.2, 0) is 11.2 Å². The first-order chi connectivity index (χ1) is 10.2. The van der Waals surface area contributed by atoms with Crippen molar-refractivity contribution >= 4 is 0 Å². The van der Waals surface area contributed by atoms with E-state index >= 15 is 0 Å². The molecule has 1 spiro atoms. The van der Waals surface area contributed by atoms with Crippen molar-refractivity contribution in [2.75, 3.05) is 13.2 Å². The molecule has 1 saturated carbocycles. The molecule has 1 aromatic rings. The minimum Gasteiger partial charge on any atom is -0.490 e. The molecule has 3 nitrogen and oxygen atoms in total. The van der Waals surface area contributed by atoms with Crippen LogP contribution in [0.5, 0.6) is 5.75 Å². The number of rotatable bonds is 4. The fraction of sp³-hybridized carbons (Fsp3) is 0.647. The summed E-state index contributed by atoms with van der Waals surface area (Å²) in [4.78, 5) is 0. The number of benzene rings is 1. The topological polar surface area (TPSA) is 44.5 Å². The first-order valence-electron chi connectivity index (χ1n) is 8.00. The van der Waals surface area contributed by atoms with Crippen LogP contribution in [0.2, 0.25) is 0 Å². The summed E-state index contributed by atoms with van der Waals surface area (Å²) in [5.41, 5.74) is 6.51. The molecular formula is C17H24FNO2. The van der Waals surface area contributed by atoms with Gasteiger partial charge in [0, 0.05) is 12.8 Å². The molecule has 1 aromatic carbocycles. The fourth-order valence-corrected chi connectivity index (χ4v) is 3.64. The van der Waals surface area contributed by atoms with Gasteiger partial charge >= 0.3 is 0 Å². The van der Waals surface area contributed by atoms with E-state index in [2.05, 4.69) is 0 Å². The van der Waals surface area contributed by atoms with Crippen molar-refractivity contribution in [3.05, 3.63) is 29.6 Å². The summed E-state index contributed by atoms with van der Waals surface area (Å²) in [5.74, 6) is 0.548. The van der Waals surface area contributed by atoms with Gasteiger partial charge < -0.3 is 15.2 Å². The smallest absolute Gasteiger partial charge is 0.123 e. The highest BCUT2D eigenvalue weighted by atomic mass is 19.1. The molecule has 21 heavy (non-hydrogen) atoms. The summed E-state index contributed by atoms with van der Waals surface area (Å²) in [6.07, 6.45) is 7.45. The molecule has 0 amide bonds. The highest BCUT2D eigenvalue weighted by Crippen LogP contribution is 2.41. The monoisotopic (exact) mass is 293 g/mol. The predicted octanol–water partition coefficient (Wildman–Crippen LogP) is 3.20. The molecule has 2 fully saturated rings. The van der Waals surface area contributed by atoms with Crippen LogP contribution in [0.25, 0.3) is 0 Å². The van der Waals surface area contributed by atoms with Crippen molar-refractivity contribution in [2.24, 2.45) is 5.73 Å². The van der Waals surface area contributed by atoms with Crippen molar-refractivity contribution < 1.29 is 13.9 Å². The molecule has 116 valence electrons. The average Bonchev–Trinajstić information content (AvgIpc) is 2.90. The first-order valence-corrected chi connectivity index (χ1v) is 8.00. The average molecular weight is 293 g/mol. The van der Waals surface area contributed by atoms with Gasteiger partial charge in [-0.1, -0.05) is 12.8 Å². The van der Waals surface area contributed by atoms with Crippen molar-refractivity contribution in [3.63, 3.8) is 0 Å². The molecule has 1 aliphatic heterocycles. The molecular weight excluding hydrogens is 269 g/mol. The van der Waals surface area contributed by atoms with E-state index in [0.29, 0.717) is 13.0 Å². The van der Waals surface area contributed by atoms with E-state index < -0.39 is 0 Å². The lowest BCUT2D eigenvalue weighted by atomic mass is 9.90. The van der Waals surface area contributed by atoms with E-state index in [1.807, 2.05) is 0 Å². The summed E-state index contributed by atoms with van der Waals surface area (Å²) in [7, 11) is 0. The van der Waals surface area contributed by atoms with Gasteiger partial charge in [-0.05, 0) is 49.6 Å². The van der Waals surface area contributed by atoms with Crippen LogP contribution >= 0.6 is 0 Å². The second kappa shape index (κ2) is 6.32. The third-order valence-corrected chi connectivity index (χ3v) is 4.69. The molecule has 1 atom stereocenters. The van der Waals surface area contributed by atoms with Crippen LogP contribution in [0.3, 0.4) is 0 Å². The third-order valence-electron chi connectivity index (χ3n) is 4.69. The quantitative estimate of drug-likeness (QED) is 0.927. The number of ether oxygens (including phenoxy) is 2. The van der Waals surface area contributed by atoms with Crippen LogP contribution in [0, 0.1) is 5.82 Å². The standard InChI is InChI=1S/C17H24FNO2/c18-14-3-4-16(13(11-14)5-9-19)21-15-6-10-20-17(12-15)7-1-2-8-17/h3-4,11,15H,1-2,5-10,12,19H2. The molecule has 2 N–H and O–H groups in total. The summed E-state index contributed by atoms with van der Waals surface area (Å²) in [5, 5.41) is 0. The van der Waals surface area contributed by atoms with Gasteiger partial charge in [-0.2, -0.15) is 0 Å². The summed E-state index contributed by atoms with van der Waals surface area (Å²) < 4.78 is 25.6. The highest BCUT2D eigenvalue weighted by Gasteiger charge is 2.40. The van der Waals surface area contributed by atoms with E-state index in [4.69, 9.17) is 15.2 Å². The minimum absolute atomic E-state index is 0.0387. The zero-order valence-corrected chi connectivity index (χ0v) is 12.4. The van der Waals surface area contributed by atoms with Gasteiger partial charge in [-0.3, -0.25) is 0 Å². The molecule has 1 saturated heterocycles. The van der Waals surface area contributed by atoms with Crippen LogP contribution in [0.15, 0.2) is 18.2 Å². The zero-order chi connectivity index (χ0) is 14.7. The normalized spacial score (nSPS) is 24.4. The van der Waals surface area contributed by atoms with Crippen LogP contribution < -0.4 is 10.5 Å². The Hall–Kier alpha value is -1.13. The van der Waals surface area contributed by atoms with Gasteiger partial charge in [-0.15, -0.1) is 0 Å². The molecule has 0 radical (unpaired) electrons. The molecule has 3 rings (SSSR count). The Morgan fingerprint density at radius 1 is 1.33 bits per heavy atom. The number of hydrogen-bond acceptors (Lipinski definition) is 3. The predicted molar refractivity (Wildman–Crippen MR) is 80.0 cm³/mol. The Balaban J connectivity index is 1.71. The molecule has 0 aromatic heterocycles. The number of halogens is 1. The van der Waals surface area contributed by atoms with Crippen LogP contribution in [0.1, 0.15) is 44.1 Å². The number of nitrogens with two attached hydrogens (primary N) is 1.